The zero-order valence-electron chi connectivity index (χ0n) is 11.7. The molecule has 1 aromatic carbocycles. The monoisotopic (exact) mass is 277 g/mol. The van der Waals surface area contributed by atoms with Crippen molar-refractivity contribution in [2.75, 3.05) is 13.7 Å². The molecule has 0 aliphatic carbocycles. The standard InChI is InChI=1S/C15H19NO4/c1-11-5-7-13(12(10-11)6-8-15(18)19)20-9-3-4-14(17)16-2/h5-8,10H,3-4,9H2,1-2H3,(H,16,17)(H,18,19). The fraction of sp³-hybridized carbons (Fsp3) is 0.333. The second-order valence-corrected chi connectivity index (χ2v) is 4.34. The Labute approximate surface area is 118 Å². The molecule has 0 unspecified atom stereocenters. The van der Waals surface area contributed by atoms with Crippen LogP contribution < -0.4 is 10.1 Å². The molecule has 0 heterocycles. The first-order chi connectivity index (χ1) is 9.52. The van der Waals surface area contributed by atoms with Gasteiger partial charge >= 0.3 is 5.97 Å². The van der Waals surface area contributed by atoms with Crippen molar-refractivity contribution in [3.63, 3.8) is 0 Å². The quantitative estimate of drug-likeness (QED) is 0.590. The van der Waals surface area contributed by atoms with Crippen LogP contribution in [0, 0.1) is 6.92 Å². The van der Waals surface area contributed by atoms with Crippen LogP contribution in [0.4, 0.5) is 0 Å². The normalized spacial score (nSPS) is 10.5. The molecular weight excluding hydrogens is 258 g/mol. The summed E-state index contributed by atoms with van der Waals surface area (Å²) in [6.45, 7) is 2.33. The molecule has 0 aliphatic rings. The summed E-state index contributed by atoms with van der Waals surface area (Å²) in [6, 6.07) is 5.55. The fourth-order valence-corrected chi connectivity index (χ4v) is 1.63. The molecule has 0 radical (unpaired) electrons. The molecule has 0 bridgehead atoms. The molecule has 5 nitrogen and oxygen atoms in total. The fourth-order valence-electron chi connectivity index (χ4n) is 1.63. The molecule has 0 fully saturated rings. The van der Waals surface area contributed by atoms with E-state index in [1.807, 2.05) is 19.1 Å². The largest absolute Gasteiger partial charge is 0.493 e. The van der Waals surface area contributed by atoms with E-state index in [1.165, 1.54) is 6.08 Å². The minimum Gasteiger partial charge on any atom is -0.493 e. The van der Waals surface area contributed by atoms with Crippen LogP contribution in [0.25, 0.3) is 6.08 Å². The third-order valence-electron chi connectivity index (χ3n) is 2.66. The summed E-state index contributed by atoms with van der Waals surface area (Å²) in [4.78, 5) is 21.6. The molecule has 0 saturated carbocycles. The number of rotatable bonds is 7. The predicted octanol–water partition coefficient (Wildman–Crippen LogP) is 2.00. The van der Waals surface area contributed by atoms with Gasteiger partial charge in [0.1, 0.15) is 5.75 Å². The molecular formula is C15H19NO4. The van der Waals surface area contributed by atoms with Crippen molar-refractivity contribution < 1.29 is 19.4 Å². The van der Waals surface area contributed by atoms with Crippen LogP contribution >= 0.6 is 0 Å². The van der Waals surface area contributed by atoms with Gasteiger partial charge in [-0.15, -0.1) is 0 Å². The summed E-state index contributed by atoms with van der Waals surface area (Å²) in [5, 5.41) is 11.2. The molecule has 108 valence electrons. The first kappa shape index (κ1) is 15.8. The summed E-state index contributed by atoms with van der Waals surface area (Å²) in [6.07, 6.45) is 3.59. The number of benzene rings is 1. The van der Waals surface area contributed by atoms with E-state index in [-0.39, 0.29) is 5.91 Å². The molecule has 5 heteroatoms. The van der Waals surface area contributed by atoms with Crippen molar-refractivity contribution in [2.45, 2.75) is 19.8 Å². The number of ether oxygens (including phenoxy) is 1. The zero-order valence-corrected chi connectivity index (χ0v) is 11.7. The molecule has 0 saturated heterocycles. The second kappa shape index (κ2) is 7.99. The Morgan fingerprint density at radius 3 is 2.80 bits per heavy atom. The van der Waals surface area contributed by atoms with E-state index in [0.717, 1.165) is 11.6 Å². The number of hydrogen-bond donors (Lipinski definition) is 2. The third-order valence-corrected chi connectivity index (χ3v) is 2.66. The highest BCUT2D eigenvalue weighted by atomic mass is 16.5. The summed E-state index contributed by atoms with van der Waals surface area (Å²) >= 11 is 0. The van der Waals surface area contributed by atoms with E-state index in [2.05, 4.69) is 5.32 Å². The molecule has 20 heavy (non-hydrogen) atoms. The van der Waals surface area contributed by atoms with E-state index in [0.29, 0.717) is 30.8 Å². The lowest BCUT2D eigenvalue weighted by molar-refractivity contribution is -0.131. The topological polar surface area (TPSA) is 75.6 Å². The number of nitrogens with one attached hydrogen (secondary N) is 1. The van der Waals surface area contributed by atoms with Crippen LogP contribution in [-0.4, -0.2) is 30.6 Å². The number of aliphatic carboxylic acids is 1. The number of carboxylic acids is 1. The molecule has 2 N–H and O–H groups in total. The van der Waals surface area contributed by atoms with Gasteiger partial charge in [-0.1, -0.05) is 11.6 Å². The number of aryl methyl sites for hydroxylation is 1. The minimum absolute atomic E-state index is 0.0245. The lowest BCUT2D eigenvalue weighted by Crippen LogP contribution is -2.18. The second-order valence-electron chi connectivity index (χ2n) is 4.34. The van der Waals surface area contributed by atoms with Crippen LogP contribution in [0.1, 0.15) is 24.0 Å². The van der Waals surface area contributed by atoms with Crippen molar-refractivity contribution in [3.05, 3.63) is 35.4 Å². The van der Waals surface area contributed by atoms with Gasteiger partial charge < -0.3 is 15.2 Å². The summed E-state index contributed by atoms with van der Waals surface area (Å²) in [7, 11) is 1.60. The number of carbonyl (C=O) groups is 2. The van der Waals surface area contributed by atoms with Gasteiger partial charge in [0.05, 0.1) is 6.61 Å². The van der Waals surface area contributed by atoms with Crippen LogP contribution in [0.2, 0.25) is 0 Å². The predicted molar refractivity (Wildman–Crippen MR) is 76.6 cm³/mol. The van der Waals surface area contributed by atoms with Gasteiger partial charge in [0.2, 0.25) is 5.91 Å². The Hall–Kier alpha value is -2.30. The third kappa shape index (κ3) is 5.56. The molecule has 0 aliphatic heterocycles. The maximum atomic E-state index is 11.1. The Bertz CT molecular complexity index is 509. The lowest BCUT2D eigenvalue weighted by Gasteiger charge is -2.10. The Morgan fingerprint density at radius 2 is 2.15 bits per heavy atom. The Morgan fingerprint density at radius 1 is 1.40 bits per heavy atom. The van der Waals surface area contributed by atoms with Crippen LogP contribution in [0.5, 0.6) is 5.75 Å². The maximum absolute atomic E-state index is 11.1. The smallest absolute Gasteiger partial charge is 0.328 e. The minimum atomic E-state index is -1.00. The summed E-state index contributed by atoms with van der Waals surface area (Å²) < 4.78 is 5.60. The van der Waals surface area contributed by atoms with E-state index in [1.54, 1.807) is 13.1 Å². The van der Waals surface area contributed by atoms with Gasteiger partial charge in [0.25, 0.3) is 0 Å². The van der Waals surface area contributed by atoms with Gasteiger partial charge in [-0.25, -0.2) is 4.79 Å². The van der Waals surface area contributed by atoms with Crippen molar-refractivity contribution in [1.82, 2.24) is 5.32 Å². The maximum Gasteiger partial charge on any atom is 0.328 e. The van der Waals surface area contributed by atoms with E-state index < -0.39 is 5.97 Å². The Balaban J connectivity index is 2.64. The highest BCUT2D eigenvalue weighted by Gasteiger charge is 2.03. The number of carboxylic acid groups (broad SMARTS) is 1. The van der Waals surface area contributed by atoms with Crippen molar-refractivity contribution in [2.24, 2.45) is 0 Å². The summed E-state index contributed by atoms with van der Waals surface area (Å²) in [5.74, 6) is -0.411. The molecule has 0 aromatic heterocycles. The van der Waals surface area contributed by atoms with Crippen LogP contribution in [-0.2, 0) is 9.59 Å². The van der Waals surface area contributed by atoms with Crippen LogP contribution in [0.3, 0.4) is 0 Å². The van der Waals surface area contributed by atoms with Gasteiger partial charge in [0, 0.05) is 25.1 Å². The molecule has 1 amide bonds. The van der Waals surface area contributed by atoms with E-state index in [9.17, 15) is 9.59 Å². The van der Waals surface area contributed by atoms with Gasteiger partial charge in [-0.2, -0.15) is 0 Å². The SMILES string of the molecule is CNC(=O)CCCOc1ccc(C)cc1C=CC(=O)O. The number of amides is 1. The van der Waals surface area contributed by atoms with Crippen molar-refractivity contribution >= 4 is 18.0 Å². The highest BCUT2D eigenvalue weighted by Crippen LogP contribution is 2.21. The van der Waals surface area contributed by atoms with Crippen molar-refractivity contribution in [3.8, 4) is 5.75 Å². The van der Waals surface area contributed by atoms with E-state index in [4.69, 9.17) is 9.84 Å². The molecule has 1 aromatic rings. The zero-order chi connectivity index (χ0) is 15.0. The number of hydrogen-bond acceptors (Lipinski definition) is 3. The van der Waals surface area contributed by atoms with Gasteiger partial charge in [-0.05, 0) is 31.6 Å². The molecule has 1 rings (SSSR count). The lowest BCUT2D eigenvalue weighted by atomic mass is 10.1. The average Bonchev–Trinajstić information content (AvgIpc) is 2.42. The first-order valence-electron chi connectivity index (χ1n) is 6.38. The highest BCUT2D eigenvalue weighted by molar-refractivity contribution is 5.86. The van der Waals surface area contributed by atoms with Gasteiger partial charge in [-0.3, -0.25) is 4.79 Å². The van der Waals surface area contributed by atoms with E-state index >= 15 is 0 Å². The number of carbonyl (C=O) groups excluding carboxylic acids is 1. The molecule has 0 spiro atoms. The molecule has 0 atom stereocenters. The average molecular weight is 277 g/mol. The summed E-state index contributed by atoms with van der Waals surface area (Å²) in [5.41, 5.74) is 1.74. The van der Waals surface area contributed by atoms with Crippen LogP contribution in [0.15, 0.2) is 24.3 Å². The van der Waals surface area contributed by atoms with Gasteiger partial charge in [0.15, 0.2) is 0 Å². The van der Waals surface area contributed by atoms with Crippen molar-refractivity contribution in [1.29, 1.82) is 0 Å². The Kier molecular flexibility index (Phi) is 6.29. The first-order valence-corrected chi connectivity index (χ1v) is 6.38.